The molecule has 1 N–H and O–H groups in total. The lowest BCUT2D eigenvalue weighted by Crippen LogP contribution is -2.44. The van der Waals surface area contributed by atoms with E-state index in [4.69, 9.17) is 9.47 Å². The zero-order valence-corrected chi connectivity index (χ0v) is 28.3. The minimum absolute atomic E-state index is 0.0367. The molecule has 2 saturated heterocycles. The number of hydrogen-bond donors (Lipinski definition) is 1. The van der Waals surface area contributed by atoms with Crippen LogP contribution in [0.25, 0.3) is 0 Å². The van der Waals surface area contributed by atoms with Gasteiger partial charge in [-0.2, -0.15) is 4.31 Å². The second-order valence-electron chi connectivity index (χ2n) is 13.4. The van der Waals surface area contributed by atoms with E-state index < -0.39 is 10.0 Å². The molecule has 2 heterocycles. The number of rotatable bonds is 13. The Morgan fingerprint density at radius 1 is 0.956 bits per heavy atom. The van der Waals surface area contributed by atoms with Crippen LogP contribution in [0, 0.1) is 25.7 Å². The number of amides is 1. The van der Waals surface area contributed by atoms with Crippen LogP contribution in [0.15, 0.2) is 47.4 Å². The van der Waals surface area contributed by atoms with E-state index in [-0.39, 0.29) is 25.2 Å². The number of nitrogens with one attached hydrogen (secondary N) is 1. The summed E-state index contributed by atoms with van der Waals surface area (Å²) in [6.45, 7) is 7.44. The number of carbonyl (C=O) groups is 1. The molecule has 2 atom stereocenters. The number of likely N-dealkylation sites (tertiary alicyclic amines) is 1. The first kappa shape index (κ1) is 33.9. The Bertz CT molecular complexity index is 1330. The number of nitrogens with zero attached hydrogens (tertiary/aromatic N) is 2. The fourth-order valence-electron chi connectivity index (χ4n) is 7.85. The van der Waals surface area contributed by atoms with Gasteiger partial charge in [0.05, 0.1) is 18.1 Å². The highest BCUT2D eigenvalue weighted by atomic mass is 32.2. The molecular weight excluding hydrogens is 586 g/mol. The Labute approximate surface area is 270 Å². The maximum absolute atomic E-state index is 13.6. The van der Waals surface area contributed by atoms with Gasteiger partial charge in [-0.1, -0.05) is 30.3 Å². The minimum atomic E-state index is -3.68. The molecule has 2 aliphatic heterocycles. The summed E-state index contributed by atoms with van der Waals surface area (Å²) in [6, 6.07) is 15.1. The third kappa shape index (κ3) is 8.88. The highest BCUT2D eigenvalue weighted by molar-refractivity contribution is 7.89. The number of aryl methyl sites for hydroxylation is 3. The molecule has 5 rings (SSSR count). The van der Waals surface area contributed by atoms with Crippen molar-refractivity contribution in [2.24, 2.45) is 11.8 Å². The number of hydrogen-bond acceptors (Lipinski definition) is 6. The van der Waals surface area contributed by atoms with E-state index >= 15 is 0 Å². The molecule has 3 aliphatic rings. The molecule has 0 spiro atoms. The quantitative estimate of drug-likeness (QED) is 0.312. The van der Waals surface area contributed by atoms with E-state index in [1.165, 1.54) is 55.1 Å². The number of piperidine rings is 1. The van der Waals surface area contributed by atoms with E-state index in [0.29, 0.717) is 53.2 Å². The number of ether oxygens (including phenoxy) is 2. The summed E-state index contributed by atoms with van der Waals surface area (Å²) < 4.78 is 39.9. The summed E-state index contributed by atoms with van der Waals surface area (Å²) >= 11 is 0. The van der Waals surface area contributed by atoms with Crippen molar-refractivity contribution in [3.63, 3.8) is 0 Å². The third-order valence-corrected chi connectivity index (χ3v) is 12.4. The first-order valence-electron chi connectivity index (χ1n) is 17.1. The normalized spacial score (nSPS) is 23.9. The van der Waals surface area contributed by atoms with Gasteiger partial charge in [0.1, 0.15) is 12.4 Å². The highest BCUT2D eigenvalue weighted by Gasteiger charge is 2.34. The second-order valence-corrected chi connectivity index (χ2v) is 15.3. The molecule has 0 aromatic heterocycles. The van der Waals surface area contributed by atoms with Gasteiger partial charge in [-0.3, -0.25) is 4.79 Å². The van der Waals surface area contributed by atoms with Crippen molar-refractivity contribution in [1.82, 2.24) is 14.5 Å². The third-order valence-electron chi connectivity index (χ3n) is 10.3. The van der Waals surface area contributed by atoms with Crippen LogP contribution in [0.1, 0.15) is 74.5 Å². The minimum Gasteiger partial charge on any atom is -0.497 e. The molecule has 1 aliphatic carbocycles. The molecule has 3 fully saturated rings. The van der Waals surface area contributed by atoms with Crippen LogP contribution < -0.4 is 10.1 Å². The van der Waals surface area contributed by atoms with E-state index in [9.17, 15) is 13.2 Å². The first-order valence-corrected chi connectivity index (χ1v) is 18.5. The molecule has 9 heteroatoms. The molecule has 2 aromatic rings. The van der Waals surface area contributed by atoms with Crippen LogP contribution in [-0.4, -0.2) is 82.1 Å². The molecule has 2 aromatic carbocycles. The Balaban J connectivity index is 1.05. The summed E-state index contributed by atoms with van der Waals surface area (Å²) in [7, 11) is -2.11. The van der Waals surface area contributed by atoms with Crippen LogP contribution in [0.4, 0.5) is 0 Å². The summed E-state index contributed by atoms with van der Waals surface area (Å²) in [6.07, 6.45) is 10.9. The maximum atomic E-state index is 13.6. The molecule has 1 saturated carbocycles. The number of sulfonamides is 1. The molecule has 8 nitrogen and oxygen atoms in total. The van der Waals surface area contributed by atoms with Crippen LogP contribution in [0.2, 0.25) is 0 Å². The summed E-state index contributed by atoms with van der Waals surface area (Å²) in [5.74, 6) is 1.77. The van der Waals surface area contributed by atoms with Gasteiger partial charge in [0.2, 0.25) is 15.9 Å². The lowest BCUT2D eigenvalue weighted by atomic mass is 9.76. The van der Waals surface area contributed by atoms with Crippen molar-refractivity contribution in [2.75, 3.05) is 46.4 Å². The van der Waals surface area contributed by atoms with Gasteiger partial charge >= 0.3 is 0 Å². The topological polar surface area (TPSA) is 88.2 Å². The van der Waals surface area contributed by atoms with Crippen LogP contribution in [-0.2, 0) is 26.0 Å². The van der Waals surface area contributed by atoms with Gasteiger partial charge in [-0.05, 0) is 132 Å². The van der Waals surface area contributed by atoms with Gasteiger partial charge in [0.15, 0.2) is 0 Å². The SMILES string of the molecule is COc1cc(C)c(S(=O)(=O)N2CCCC(OCC(=O)NCC3CCC(C(CCc4ccccc4)N4CCCC4)CC3)C2)c(C)c1. The van der Waals surface area contributed by atoms with Crippen LogP contribution in [0.5, 0.6) is 5.75 Å². The van der Waals surface area contributed by atoms with Crippen molar-refractivity contribution in [3.8, 4) is 5.75 Å². The average molecular weight is 640 g/mol. The lowest BCUT2D eigenvalue weighted by Gasteiger charge is -2.39. The van der Waals surface area contributed by atoms with Gasteiger partial charge in [-0.25, -0.2) is 8.42 Å². The Hall–Kier alpha value is -2.46. The van der Waals surface area contributed by atoms with Gasteiger partial charge in [0, 0.05) is 25.7 Å². The number of carbonyl (C=O) groups excluding carboxylic acids is 1. The Morgan fingerprint density at radius 3 is 2.31 bits per heavy atom. The number of benzene rings is 2. The number of methoxy groups -OCH3 is 1. The van der Waals surface area contributed by atoms with Crippen LogP contribution in [0.3, 0.4) is 0 Å². The zero-order chi connectivity index (χ0) is 31.8. The second kappa shape index (κ2) is 15.9. The predicted molar refractivity (Wildman–Crippen MR) is 178 cm³/mol. The van der Waals surface area contributed by atoms with Crippen molar-refractivity contribution in [3.05, 3.63) is 59.2 Å². The molecule has 248 valence electrons. The monoisotopic (exact) mass is 639 g/mol. The van der Waals surface area contributed by atoms with E-state index in [1.807, 2.05) is 0 Å². The fraction of sp³-hybridized carbons (Fsp3) is 0.639. The van der Waals surface area contributed by atoms with E-state index in [1.54, 1.807) is 33.1 Å². The first-order chi connectivity index (χ1) is 21.7. The summed E-state index contributed by atoms with van der Waals surface area (Å²) in [5.41, 5.74) is 2.77. The maximum Gasteiger partial charge on any atom is 0.246 e. The van der Waals surface area contributed by atoms with Gasteiger partial charge in [-0.15, -0.1) is 0 Å². The predicted octanol–water partition coefficient (Wildman–Crippen LogP) is 5.50. The van der Waals surface area contributed by atoms with Crippen molar-refractivity contribution in [1.29, 1.82) is 0 Å². The lowest BCUT2D eigenvalue weighted by molar-refractivity contribution is -0.128. The molecule has 1 amide bonds. The summed E-state index contributed by atoms with van der Waals surface area (Å²) in [4.78, 5) is 15.8. The van der Waals surface area contributed by atoms with Crippen molar-refractivity contribution >= 4 is 15.9 Å². The molecule has 2 unspecified atom stereocenters. The molecule has 0 bridgehead atoms. The smallest absolute Gasteiger partial charge is 0.246 e. The largest absolute Gasteiger partial charge is 0.497 e. The molecule has 45 heavy (non-hydrogen) atoms. The van der Waals surface area contributed by atoms with E-state index in [2.05, 4.69) is 40.5 Å². The van der Waals surface area contributed by atoms with Crippen LogP contribution >= 0.6 is 0 Å². The standard InChI is InChI=1S/C36H53N3O5S/c1-27-22-33(43-3)23-28(2)36(27)45(41,42)39-21-9-12-32(25-39)44-26-35(40)37-24-30-13-16-31(17-14-30)34(38-19-7-8-20-38)18-15-29-10-5-4-6-11-29/h4-6,10-11,22-23,30-32,34H,7-9,12-21,24-26H2,1-3H3,(H,37,40). The fourth-order valence-corrected chi connectivity index (χ4v) is 9.77. The van der Waals surface area contributed by atoms with Gasteiger partial charge < -0.3 is 19.7 Å². The van der Waals surface area contributed by atoms with Gasteiger partial charge in [0.25, 0.3) is 0 Å². The van der Waals surface area contributed by atoms with Crippen molar-refractivity contribution < 1.29 is 22.7 Å². The van der Waals surface area contributed by atoms with Crippen molar-refractivity contribution in [2.45, 2.75) is 95.1 Å². The Morgan fingerprint density at radius 2 is 1.64 bits per heavy atom. The zero-order valence-electron chi connectivity index (χ0n) is 27.5. The van der Waals surface area contributed by atoms with E-state index in [0.717, 1.165) is 31.6 Å². The molecule has 0 radical (unpaired) electrons. The summed E-state index contributed by atoms with van der Waals surface area (Å²) in [5, 5.41) is 3.11. The molecular formula is C36H53N3O5S. The average Bonchev–Trinajstić information content (AvgIpc) is 3.58. The Kier molecular flexibility index (Phi) is 12.0. The highest BCUT2D eigenvalue weighted by Crippen LogP contribution is 2.35.